The number of morpholine rings is 1. The molecule has 5 aromatic rings. The lowest BCUT2D eigenvalue weighted by Crippen LogP contribution is -2.41. The number of aromatic nitrogens is 6. The van der Waals surface area contributed by atoms with Crippen LogP contribution < -0.4 is 25.6 Å². The summed E-state index contributed by atoms with van der Waals surface area (Å²) in [5.41, 5.74) is 5.60. The molecule has 1 aliphatic heterocycles. The number of fused-ring (bicyclic) bond motifs is 1. The van der Waals surface area contributed by atoms with E-state index in [1.165, 1.54) is 0 Å². The van der Waals surface area contributed by atoms with Crippen molar-refractivity contribution < 1.29 is 14.0 Å². The largest absolute Gasteiger partial charge is 0.494 e. The zero-order valence-electron chi connectivity index (χ0n) is 25.1. The van der Waals surface area contributed by atoms with Crippen LogP contribution in [0.3, 0.4) is 0 Å². The summed E-state index contributed by atoms with van der Waals surface area (Å²) in [5.74, 6) is 1.48. The summed E-state index contributed by atoms with van der Waals surface area (Å²) >= 11 is 3.57. The van der Waals surface area contributed by atoms with Crippen LogP contribution in [0.4, 0.5) is 28.8 Å². The van der Waals surface area contributed by atoms with Crippen LogP contribution in [0.1, 0.15) is 6.92 Å². The van der Waals surface area contributed by atoms with Gasteiger partial charge in [0.25, 0.3) is 0 Å². The number of anilines is 5. The Morgan fingerprint density at radius 2 is 1.91 bits per heavy atom. The quantitative estimate of drug-likeness (QED) is 0.200. The van der Waals surface area contributed by atoms with Gasteiger partial charge < -0.3 is 29.6 Å². The highest BCUT2D eigenvalue weighted by Gasteiger charge is 2.24. The molecule has 0 unspecified atom stereocenters. The molecule has 0 spiro atoms. The van der Waals surface area contributed by atoms with Crippen LogP contribution in [0.15, 0.2) is 59.7 Å². The monoisotopic (exact) mass is 677 g/mol. The molecule has 0 radical (unpaired) electrons. The van der Waals surface area contributed by atoms with Gasteiger partial charge in [0.2, 0.25) is 5.95 Å². The molecule has 0 saturated carbocycles. The lowest BCUT2D eigenvalue weighted by Gasteiger charge is -2.34. The molecule has 0 bridgehead atoms. The van der Waals surface area contributed by atoms with Gasteiger partial charge in [-0.25, -0.2) is 4.98 Å². The molecular weight excluding hydrogens is 645 g/mol. The minimum absolute atomic E-state index is 0.112. The van der Waals surface area contributed by atoms with Crippen LogP contribution in [0.5, 0.6) is 5.75 Å². The molecule has 2 N–H and O–H groups in total. The molecule has 0 aliphatic carbocycles. The Hall–Kier alpha value is -4.06. The van der Waals surface area contributed by atoms with E-state index < -0.39 is 7.14 Å². The summed E-state index contributed by atoms with van der Waals surface area (Å²) in [6.07, 6.45) is 8.84. The van der Waals surface area contributed by atoms with Gasteiger partial charge in [-0.05, 0) is 54.4 Å². The van der Waals surface area contributed by atoms with Gasteiger partial charge in [-0.3, -0.25) is 14.6 Å². The molecule has 44 heavy (non-hydrogen) atoms. The molecule has 12 nitrogen and oxygen atoms in total. The maximum absolute atomic E-state index is 13.4. The number of rotatable bonds is 8. The molecule has 1 atom stereocenters. The Morgan fingerprint density at radius 1 is 1.09 bits per heavy atom. The van der Waals surface area contributed by atoms with E-state index in [9.17, 15) is 4.57 Å². The second kappa shape index (κ2) is 12.1. The molecule has 1 fully saturated rings. The summed E-state index contributed by atoms with van der Waals surface area (Å²) in [7, 11) is 0.782. The van der Waals surface area contributed by atoms with E-state index in [-0.39, 0.29) is 6.10 Å². The first-order valence-corrected chi connectivity index (χ1v) is 17.4. The third-order valence-corrected chi connectivity index (χ3v) is 9.42. The maximum atomic E-state index is 13.4. The topological polar surface area (TPSA) is 132 Å². The van der Waals surface area contributed by atoms with Gasteiger partial charge >= 0.3 is 0 Å². The smallest absolute Gasteiger partial charge is 0.229 e. The molecule has 1 saturated heterocycles. The van der Waals surface area contributed by atoms with Gasteiger partial charge in [0.1, 0.15) is 24.2 Å². The van der Waals surface area contributed by atoms with Gasteiger partial charge in [-0.1, -0.05) is 0 Å². The third-order valence-electron chi connectivity index (χ3n) is 7.31. The first-order chi connectivity index (χ1) is 21.1. The average molecular weight is 679 g/mol. The second-order valence-electron chi connectivity index (χ2n) is 11.0. The molecular formula is C30H33BrN9O3P. The summed E-state index contributed by atoms with van der Waals surface area (Å²) in [6, 6.07) is 7.76. The minimum atomic E-state index is -2.76. The van der Waals surface area contributed by atoms with Gasteiger partial charge in [0.05, 0.1) is 52.7 Å². The Labute approximate surface area is 263 Å². The van der Waals surface area contributed by atoms with Gasteiger partial charge in [0.15, 0.2) is 0 Å². The van der Waals surface area contributed by atoms with Crippen LogP contribution >= 0.6 is 23.1 Å². The Kier molecular flexibility index (Phi) is 8.28. The van der Waals surface area contributed by atoms with Crippen molar-refractivity contribution in [2.75, 3.05) is 55.7 Å². The van der Waals surface area contributed by atoms with Crippen molar-refractivity contribution in [3.05, 3.63) is 59.7 Å². The van der Waals surface area contributed by atoms with Crippen LogP contribution in [0.2, 0.25) is 0 Å². The predicted molar refractivity (Wildman–Crippen MR) is 178 cm³/mol. The fourth-order valence-electron chi connectivity index (χ4n) is 5.36. The molecule has 3 aromatic heterocycles. The summed E-state index contributed by atoms with van der Waals surface area (Å²) < 4.78 is 27.5. The predicted octanol–water partition coefficient (Wildman–Crippen LogP) is 5.55. The van der Waals surface area contributed by atoms with E-state index >= 15 is 0 Å². The number of hydrogen-bond donors (Lipinski definition) is 2. The SMILES string of the molecule is COc1cc(N2CCO[C@@H](C)C2)c(-c2cnn(C)c2)cc1Nc1ncc(Br)c(Nc2ccc3nccnc3c2P(C)(C)=O)n1. The highest BCUT2D eigenvalue weighted by Crippen LogP contribution is 2.42. The van der Waals surface area contributed by atoms with Crippen LogP contribution in [0, 0.1) is 0 Å². The number of benzene rings is 2. The van der Waals surface area contributed by atoms with E-state index in [0.29, 0.717) is 56.3 Å². The molecule has 6 rings (SSSR count). The molecule has 1 aliphatic rings. The summed E-state index contributed by atoms with van der Waals surface area (Å²) in [5, 5.41) is 11.7. The van der Waals surface area contributed by atoms with Crippen molar-refractivity contribution in [2.45, 2.75) is 13.0 Å². The standard InChI is InChI=1S/C30H33BrN9O3P/c1-18-16-40(10-11-43-18)25-13-26(42-3)24(12-20(25)19-14-35-39(2)17-19)37-30-34-15-21(31)29(38-30)36-23-7-6-22-27(33-9-8-32-22)28(23)44(4,5)41/h6-9,12-15,17-18H,10-11,16H2,1-5H3,(H2,34,36,37,38)/t18-/m0/s1. The third kappa shape index (κ3) is 6.12. The van der Waals surface area contributed by atoms with Crippen LogP contribution in [-0.4, -0.2) is 76.0 Å². The van der Waals surface area contributed by atoms with Crippen molar-refractivity contribution in [2.24, 2.45) is 7.05 Å². The minimum Gasteiger partial charge on any atom is -0.494 e. The first kappa shape index (κ1) is 30.0. The second-order valence-corrected chi connectivity index (χ2v) is 15.0. The average Bonchev–Trinajstić information content (AvgIpc) is 3.43. The van der Waals surface area contributed by atoms with Gasteiger partial charge in [0, 0.05) is 67.8 Å². The molecule has 2 aromatic carbocycles. The zero-order valence-corrected chi connectivity index (χ0v) is 27.6. The molecule has 14 heteroatoms. The Bertz CT molecular complexity index is 1890. The number of nitrogens with one attached hydrogen (secondary N) is 2. The number of aryl methyl sites for hydroxylation is 1. The van der Waals surface area contributed by atoms with Gasteiger partial charge in [-0.2, -0.15) is 10.1 Å². The van der Waals surface area contributed by atoms with E-state index in [2.05, 4.69) is 58.4 Å². The van der Waals surface area contributed by atoms with E-state index in [1.54, 1.807) is 43.7 Å². The van der Waals surface area contributed by atoms with Crippen molar-refractivity contribution >= 4 is 68.2 Å². The number of ether oxygens (including phenoxy) is 2. The normalized spacial score (nSPS) is 15.4. The Balaban J connectivity index is 1.38. The molecule has 4 heterocycles. The van der Waals surface area contributed by atoms with Crippen molar-refractivity contribution in [3.8, 4) is 16.9 Å². The van der Waals surface area contributed by atoms with E-state index in [1.807, 2.05) is 43.7 Å². The molecule has 228 valence electrons. The summed E-state index contributed by atoms with van der Waals surface area (Å²) in [4.78, 5) is 20.5. The highest BCUT2D eigenvalue weighted by molar-refractivity contribution is 9.10. The van der Waals surface area contributed by atoms with Crippen LogP contribution in [0.25, 0.3) is 22.2 Å². The fourth-order valence-corrected chi connectivity index (χ4v) is 7.04. The van der Waals surface area contributed by atoms with Crippen molar-refractivity contribution in [3.63, 3.8) is 0 Å². The Morgan fingerprint density at radius 3 is 2.64 bits per heavy atom. The fraction of sp³-hybridized carbons (Fsp3) is 0.300. The first-order valence-electron chi connectivity index (χ1n) is 14.0. The van der Waals surface area contributed by atoms with E-state index in [0.717, 1.165) is 29.9 Å². The summed E-state index contributed by atoms with van der Waals surface area (Å²) in [6.45, 7) is 7.69. The van der Waals surface area contributed by atoms with E-state index in [4.69, 9.17) is 14.5 Å². The number of methoxy groups -OCH3 is 1. The highest BCUT2D eigenvalue weighted by atomic mass is 79.9. The lowest BCUT2D eigenvalue weighted by atomic mass is 10.0. The zero-order chi connectivity index (χ0) is 31.0. The van der Waals surface area contributed by atoms with Crippen molar-refractivity contribution in [1.82, 2.24) is 29.7 Å². The number of halogens is 1. The van der Waals surface area contributed by atoms with Gasteiger partial charge in [-0.15, -0.1) is 0 Å². The number of hydrogen-bond acceptors (Lipinski definition) is 11. The molecule has 0 amide bonds. The number of nitrogens with zero attached hydrogens (tertiary/aromatic N) is 7. The van der Waals surface area contributed by atoms with Crippen LogP contribution in [-0.2, 0) is 16.3 Å². The van der Waals surface area contributed by atoms with Crippen molar-refractivity contribution in [1.29, 1.82) is 0 Å². The maximum Gasteiger partial charge on any atom is 0.229 e. The lowest BCUT2D eigenvalue weighted by molar-refractivity contribution is 0.0532.